The summed E-state index contributed by atoms with van der Waals surface area (Å²) in [6, 6.07) is 6.07. The molecule has 3 atom stereocenters. The van der Waals surface area contributed by atoms with Crippen LogP contribution in [0.1, 0.15) is 31.7 Å². The lowest BCUT2D eigenvalue weighted by Crippen LogP contribution is -2.43. The molecule has 1 aliphatic carbocycles. The van der Waals surface area contributed by atoms with Gasteiger partial charge in [-0.05, 0) is 49.8 Å². The average Bonchev–Trinajstić information content (AvgIpc) is 2.94. The van der Waals surface area contributed by atoms with Gasteiger partial charge >= 0.3 is 0 Å². The predicted molar refractivity (Wildman–Crippen MR) is 82.2 cm³/mol. The van der Waals surface area contributed by atoms with Gasteiger partial charge in [-0.15, -0.1) is 0 Å². The molecular formula is C16H22FNO3S. The van der Waals surface area contributed by atoms with E-state index in [0.717, 1.165) is 12.8 Å². The Morgan fingerprint density at radius 3 is 2.86 bits per heavy atom. The van der Waals surface area contributed by atoms with Gasteiger partial charge in [0.15, 0.2) is 0 Å². The van der Waals surface area contributed by atoms with Crippen LogP contribution in [0, 0.1) is 17.7 Å². The van der Waals surface area contributed by atoms with Crippen molar-refractivity contribution in [3.63, 3.8) is 0 Å². The van der Waals surface area contributed by atoms with Crippen LogP contribution in [0.4, 0.5) is 4.39 Å². The first-order chi connectivity index (χ1) is 10.4. The molecule has 1 aromatic carbocycles. The Labute approximate surface area is 131 Å². The molecule has 0 radical (unpaired) electrons. The van der Waals surface area contributed by atoms with E-state index in [2.05, 4.69) is 0 Å². The summed E-state index contributed by atoms with van der Waals surface area (Å²) in [6.07, 6.45) is 2.30. The second-order valence-corrected chi connectivity index (χ2v) is 8.67. The topological polar surface area (TPSA) is 57.6 Å². The van der Waals surface area contributed by atoms with Crippen LogP contribution in [-0.4, -0.2) is 36.7 Å². The zero-order valence-corrected chi connectivity index (χ0v) is 13.5. The highest BCUT2D eigenvalue weighted by molar-refractivity contribution is 7.89. The van der Waals surface area contributed by atoms with Gasteiger partial charge in [-0.3, -0.25) is 0 Å². The van der Waals surface area contributed by atoms with Crippen LogP contribution in [-0.2, 0) is 15.6 Å². The maximum Gasteiger partial charge on any atom is 0.213 e. The second kappa shape index (κ2) is 5.58. The molecule has 122 valence electrons. The van der Waals surface area contributed by atoms with Crippen LogP contribution in [0.3, 0.4) is 0 Å². The molecule has 0 bridgehead atoms. The third kappa shape index (κ3) is 2.57. The van der Waals surface area contributed by atoms with Crippen LogP contribution in [0.15, 0.2) is 24.3 Å². The van der Waals surface area contributed by atoms with Gasteiger partial charge in [0.2, 0.25) is 10.0 Å². The van der Waals surface area contributed by atoms with Crippen molar-refractivity contribution in [3.8, 4) is 0 Å². The van der Waals surface area contributed by atoms with E-state index in [-0.39, 0.29) is 23.4 Å². The Balaban J connectivity index is 1.94. The van der Waals surface area contributed by atoms with Gasteiger partial charge in [-0.25, -0.2) is 17.1 Å². The summed E-state index contributed by atoms with van der Waals surface area (Å²) in [6.45, 7) is 2.43. The van der Waals surface area contributed by atoms with Crippen molar-refractivity contribution in [2.75, 3.05) is 18.8 Å². The zero-order chi connectivity index (χ0) is 16.0. The first-order valence-electron chi connectivity index (χ1n) is 7.83. The standard InChI is InChI=1S/C16H22FNO3S/c1-2-22(20,21)18-10-12-5-4-8-16(19,15(12)11-18)13-6-3-7-14(17)9-13/h3,6-7,9,12,15,19H,2,4-5,8,10-11H2,1H3/t12-,15-,16-/m0/s1. The molecule has 2 aliphatic rings. The highest BCUT2D eigenvalue weighted by Gasteiger charge is 2.51. The number of nitrogens with zero attached hydrogens (tertiary/aromatic N) is 1. The quantitative estimate of drug-likeness (QED) is 0.925. The molecule has 0 amide bonds. The number of halogens is 1. The summed E-state index contributed by atoms with van der Waals surface area (Å²) in [4.78, 5) is 0. The van der Waals surface area contributed by atoms with Crippen molar-refractivity contribution in [3.05, 3.63) is 35.6 Å². The Morgan fingerprint density at radius 2 is 2.18 bits per heavy atom. The van der Waals surface area contributed by atoms with Crippen LogP contribution in [0.5, 0.6) is 0 Å². The fourth-order valence-corrected chi connectivity index (χ4v) is 5.18. The zero-order valence-electron chi connectivity index (χ0n) is 12.7. The summed E-state index contributed by atoms with van der Waals surface area (Å²) in [5.41, 5.74) is -0.568. The van der Waals surface area contributed by atoms with Crippen molar-refractivity contribution in [1.29, 1.82) is 0 Å². The van der Waals surface area contributed by atoms with E-state index in [1.165, 1.54) is 16.4 Å². The highest BCUT2D eigenvalue weighted by atomic mass is 32.2. The van der Waals surface area contributed by atoms with Crippen molar-refractivity contribution < 1.29 is 17.9 Å². The second-order valence-electron chi connectivity index (χ2n) is 6.41. The van der Waals surface area contributed by atoms with Crippen molar-refractivity contribution >= 4 is 10.0 Å². The van der Waals surface area contributed by atoms with Gasteiger partial charge in [0.25, 0.3) is 0 Å². The number of hydrogen-bond donors (Lipinski definition) is 1. The van der Waals surface area contributed by atoms with Crippen LogP contribution < -0.4 is 0 Å². The normalized spacial score (nSPS) is 32.9. The summed E-state index contributed by atoms with van der Waals surface area (Å²) < 4.78 is 39.3. The third-order valence-corrected chi connectivity index (χ3v) is 7.05. The van der Waals surface area contributed by atoms with Gasteiger partial charge in [-0.2, -0.15) is 0 Å². The molecule has 22 heavy (non-hydrogen) atoms. The van der Waals surface area contributed by atoms with E-state index in [1.807, 2.05) is 0 Å². The maximum absolute atomic E-state index is 13.5. The number of benzene rings is 1. The number of aliphatic hydroxyl groups is 1. The lowest BCUT2D eigenvalue weighted by atomic mass is 9.67. The molecular weight excluding hydrogens is 305 g/mol. The van der Waals surface area contributed by atoms with E-state index < -0.39 is 15.6 Å². The number of hydrogen-bond acceptors (Lipinski definition) is 3. The SMILES string of the molecule is CCS(=O)(=O)N1C[C@@H]2CCC[C@](O)(c3cccc(F)c3)[C@H]2C1. The average molecular weight is 327 g/mol. The van der Waals surface area contributed by atoms with Gasteiger partial charge in [0.1, 0.15) is 5.82 Å². The molecule has 1 N–H and O–H groups in total. The van der Waals surface area contributed by atoms with E-state index in [0.29, 0.717) is 25.1 Å². The first-order valence-corrected chi connectivity index (χ1v) is 9.44. The molecule has 1 aromatic rings. The minimum absolute atomic E-state index is 0.0742. The molecule has 1 heterocycles. The Hall–Kier alpha value is -0.980. The molecule has 1 saturated carbocycles. The van der Waals surface area contributed by atoms with Gasteiger partial charge in [-0.1, -0.05) is 12.1 Å². The fraction of sp³-hybridized carbons (Fsp3) is 0.625. The van der Waals surface area contributed by atoms with Crippen LogP contribution >= 0.6 is 0 Å². The number of sulfonamides is 1. The lowest BCUT2D eigenvalue weighted by molar-refractivity contribution is -0.0642. The molecule has 4 nitrogen and oxygen atoms in total. The molecule has 0 unspecified atom stereocenters. The first kappa shape index (κ1) is 15.9. The third-order valence-electron chi connectivity index (χ3n) is 5.24. The van der Waals surface area contributed by atoms with Crippen LogP contribution in [0.2, 0.25) is 0 Å². The molecule has 1 saturated heterocycles. The summed E-state index contributed by atoms with van der Waals surface area (Å²) >= 11 is 0. The Morgan fingerprint density at radius 1 is 1.41 bits per heavy atom. The van der Waals surface area contributed by atoms with Gasteiger partial charge in [0.05, 0.1) is 11.4 Å². The minimum atomic E-state index is -3.25. The van der Waals surface area contributed by atoms with Crippen LogP contribution in [0.25, 0.3) is 0 Å². The summed E-state index contributed by atoms with van der Waals surface area (Å²) in [7, 11) is -3.25. The van der Waals surface area contributed by atoms with E-state index >= 15 is 0 Å². The maximum atomic E-state index is 13.5. The van der Waals surface area contributed by atoms with E-state index in [1.54, 1.807) is 19.1 Å². The predicted octanol–water partition coefficient (Wildman–Crippen LogP) is 2.09. The molecule has 3 rings (SSSR count). The lowest BCUT2D eigenvalue weighted by Gasteiger charge is -2.41. The summed E-state index contributed by atoms with van der Waals surface area (Å²) in [5, 5.41) is 11.2. The molecule has 6 heteroatoms. The Bertz CT molecular complexity index is 663. The van der Waals surface area contributed by atoms with Gasteiger partial charge < -0.3 is 5.11 Å². The highest BCUT2D eigenvalue weighted by Crippen LogP contribution is 2.48. The van der Waals surface area contributed by atoms with Crippen molar-refractivity contribution in [1.82, 2.24) is 4.31 Å². The van der Waals surface area contributed by atoms with Crippen molar-refractivity contribution in [2.45, 2.75) is 31.8 Å². The summed E-state index contributed by atoms with van der Waals surface area (Å²) in [5.74, 6) is -0.318. The largest absolute Gasteiger partial charge is 0.385 e. The monoisotopic (exact) mass is 327 g/mol. The minimum Gasteiger partial charge on any atom is -0.385 e. The van der Waals surface area contributed by atoms with Gasteiger partial charge in [0, 0.05) is 19.0 Å². The number of fused-ring (bicyclic) bond motifs is 1. The smallest absolute Gasteiger partial charge is 0.213 e. The Kier molecular flexibility index (Phi) is 4.03. The van der Waals surface area contributed by atoms with E-state index in [4.69, 9.17) is 0 Å². The van der Waals surface area contributed by atoms with Crippen molar-refractivity contribution in [2.24, 2.45) is 11.8 Å². The molecule has 0 aromatic heterocycles. The molecule has 2 fully saturated rings. The van der Waals surface area contributed by atoms with E-state index in [9.17, 15) is 17.9 Å². The fourth-order valence-electron chi connectivity index (χ4n) is 4.01. The molecule has 0 spiro atoms. The molecule has 1 aliphatic heterocycles. The number of rotatable bonds is 3.